The molecule has 34 heavy (non-hydrogen) atoms. The van der Waals surface area contributed by atoms with Gasteiger partial charge in [0.15, 0.2) is 5.96 Å². The van der Waals surface area contributed by atoms with Crippen molar-refractivity contribution in [2.75, 3.05) is 38.2 Å². The Kier molecular flexibility index (Phi) is 10.2. The Labute approximate surface area is 219 Å². The number of pyridine rings is 1. The second-order valence-electron chi connectivity index (χ2n) is 8.33. The summed E-state index contributed by atoms with van der Waals surface area (Å²) in [4.78, 5) is 11.4. The van der Waals surface area contributed by atoms with Crippen LogP contribution in [0.4, 0.5) is 5.82 Å². The van der Waals surface area contributed by atoms with Crippen LogP contribution in [0.25, 0.3) is 0 Å². The number of guanidine groups is 1. The molecule has 180 valence electrons. The summed E-state index contributed by atoms with van der Waals surface area (Å²) in [5.41, 5.74) is 3.68. The first kappa shape index (κ1) is 26.0. The van der Waals surface area contributed by atoms with E-state index in [-0.39, 0.29) is 36.0 Å². The molecule has 6 nitrogen and oxygen atoms in total. The van der Waals surface area contributed by atoms with Crippen LogP contribution in [0, 0.1) is 0 Å². The first-order valence-electron chi connectivity index (χ1n) is 11.6. The Morgan fingerprint density at radius 1 is 1.03 bits per heavy atom. The molecule has 1 unspecified atom stereocenters. The monoisotopic (exact) mass is 571 g/mol. The van der Waals surface area contributed by atoms with E-state index in [0.29, 0.717) is 6.54 Å². The number of aromatic nitrogens is 1. The standard InChI is InChI=1S/C27H33N5O.HI/c1-21-20-32(15-16-33-21)26-14-13-22(17-29-26)18-30-27(28-2)31-19-25(23-9-5-3-6-10-23)24-11-7-4-8-12-24;/h3-14,17,21,25H,15-16,18-20H2,1-2H3,(H2,28,30,31);1H. The maximum Gasteiger partial charge on any atom is 0.191 e. The fraction of sp³-hybridized carbons (Fsp3) is 0.333. The average Bonchev–Trinajstić information content (AvgIpc) is 2.87. The zero-order chi connectivity index (χ0) is 22.9. The minimum absolute atomic E-state index is 0. The molecule has 2 N–H and O–H groups in total. The van der Waals surface area contributed by atoms with Crippen molar-refractivity contribution < 1.29 is 4.74 Å². The second kappa shape index (κ2) is 13.3. The van der Waals surface area contributed by atoms with Gasteiger partial charge in [0.2, 0.25) is 0 Å². The van der Waals surface area contributed by atoms with Crippen molar-refractivity contribution in [2.45, 2.75) is 25.5 Å². The van der Waals surface area contributed by atoms with E-state index in [2.05, 4.69) is 105 Å². The Morgan fingerprint density at radius 3 is 2.26 bits per heavy atom. The smallest absolute Gasteiger partial charge is 0.191 e. The van der Waals surface area contributed by atoms with E-state index in [4.69, 9.17) is 4.74 Å². The molecule has 1 aliphatic rings. The van der Waals surface area contributed by atoms with Crippen LogP contribution in [0.1, 0.15) is 29.5 Å². The molecule has 0 saturated carbocycles. The predicted octanol–water partition coefficient (Wildman–Crippen LogP) is 4.42. The molecule has 0 amide bonds. The van der Waals surface area contributed by atoms with Crippen molar-refractivity contribution in [3.05, 3.63) is 95.7 Å². The van der Waals surface area contributed by atoms with E-state index < -0.39 is 0 Å². The highest BCUT2D eigenvalue weighted by Gasteiger charge is 2.18. The lowest BCUT2D eigenvalue weighted by molar-refractivity contribution is 0.0529. The number of hydrogen-bond acceptors (Lipinski definition) is 4. The zero-order valence-electron chi connectivity index (χ0n) is 19.9. The SMILES string of the molecule is CN=C(NCc1ccc(N2CCOC(C)C2)nc1)NCC(c1ccccc1)c1ccccc1.I. The quantitative estimate of drug-likeness (QED) is 0.250. The molecule has 2 aromatic carbocycles. The summed E-state index contributed by atoms with van der Waals surface area (Å²) in [6, 6.07) is 25.4. The fourth-order valence-corrected chi connectivity index (χ4v) is 4.14. The van der Waals surface area contributed by atoms with Crippen molar-refractivity contribution in [3.63, 3.8) is 0 Å². The summed E-state index contributed by atoms with van der Waals surface area (Å²) in [6.07, 6.45) is 2.18. The number of nitrogens with one attached hydrogen (secondary N) is 2. The van der Waals surface area contributed by atoms with Gasteiger partial charge in [0.1, 0.15) is 5.82 Å². The molecule has 1 atom stereocenters. The van der Waals surface area contributed by atoms with Crippen molar-refractivity contribution in [3.8, 4) is 0 Å². The van der Waals surface area contributed by atoms with E-state index in [1.165, 1.54) is 11.1 Å². The van der Waals surface area contributed by atoms with Gasteiger partial charge in [0, 0.05) is 45.3 Å². The predicted molar refractivity (Wildman–Crippen MR) is 150 cm³/mol. The molecular formula is C27H34IN5O. The summed E-state index contributed by atoms with van der Waals surface area (Å²) in [5.74, 6) is 2.02. The molecule has 3 aromatic rings. The van der Waals surface area contributed by atoms with Crippen LogP contribution in [0.15, 0.2) is 84.0 Å². The molecule has 1 fully saturated rings. The summed E-state index contributed by atoms with van der Waals surface area (Å²) in [7, 11) is 1.80. The van der Waals surface area contributed by atoms with Crippen molar-refractivity contribution in [1.82, 2.24) is 15.6 Å². The normalized spacial score (nSPS) is 16.1. The number of rotatable bonds is 7. The van der Waals surface area contributed by atoms with Gasteiger partial charge in [0.05, 0.1) is 12.7 Å². The first-order valence-corrected chi connectivity index (χ1v) is 11.6. The van der Waals surface area contributed by atoms with Crippen molar-refractivity contribution in [1.29, 1.82) is 0 Å². The Morgan fingerprint density at radius 2 is 1.71 bits per heavy atom. The van der Waals surface area contributed by atoms with Gasteiger partial charge in [-0.25, -0.2) is 4.98 Å². The highest BCUT2D eigenvalue weighted by Crippen LogP contribution is 2.23. The number of halogens is 1. The fourth-order valence-electron chi connectivity index (χ4n) is 4.14. The number of ether oxygens (including phenoxy) is 1. The highest BCUT2D eigenvalue weighted by molar-refractivity contribution is 14.0. The summed E-state index contributed by atoms with van der Waals surface area (Å²) in [5, 5.41) is 6.92. The number of hydrogen-bond donors (Lipinski definition) is 2. The van der Waals surface area contributed by atoms with Crippen LogP contribution in [0.2, 0.25) is 0 Å². The van der Waals surface area contributed by atoms with Crippen LogP contribution in [-0.4, -0.2) is 50.3 Å². The second-order valence-corrected chi connectivity index (χ2v) is 8.33. The van der Waals surface area contributed by atoms with E-state index in [1.807, 2.05) is 6.20 Å². The van der Waals surface area contributed by atoms with E-state index in [0.717, 1.165) is 43.6 Å². The number of anilines is 1. The average molecular weight is 572 g/mol. The Balaban J connectivity index is 0.00000324. The first-order chi connectivity index (χ1) is 16.2. The third-order valence-corrected chi connectivity index (χ3v) is 5.94. The van der Waals surface area contributed by atoms with Gasteiger partial charge < -0.3 is 20.3 Å². The molecule has 0 spiro atoms. The number of morpholine rings is 1. The van der Waals surface area contributed by atoms with Crippen LogP contribution in [0.5, 0.6) is 0 Å². The minimum Gasteiger partial charge on any atom is -0.375 e. The van der Waals surface area contributed by atoms with Gasteiger partial charge in [-0.15, -0.1) is 24.0 Å². The van der Waals surface area contributed by atoms with E-state index in [1.54, 1.807) is 7.05 Å². The molecule has 7 heteroatoms. The maximum atomic E-state index is 5.63. The Hall–Kier alpha value is -2.65. The third kappa shape index (κ3) is 7.17. The summed E-state index contributed by atoms with van der Waals surface area (Å²) >= 11 is 0. The molecule has 0 radical (unpaired) electrons. The number of benzene rings is 2. The topological polar surface area (TPSA) is 61.8 Å². The van der Waals surface area contributed by atoms with E-state index >= 15 is 0 Å². The number of aliphatic imine (C=N–C) groups is 1. The molecule has 0 bridgehead atoms. The zero-order valence-corrected chi connectivity index (χ0v) is 22.2. The lowest BCUT2D eigenvalue weighted by Crippen LogP contribution is -2.41. The van der Waals surface area contributed by atoms with Gasteiger partial charge >= 0.3 is 0 Å². The van der Waals surface area contributed by atoms with Crippen molar-refractivity contribution in [2.24, 2.45) is 4.99 Å². The molecule has 2 heterocycles. The Bertz CT molecular complexity index is 975. The molecule has 4 rings (SSSR count). The van der Waals surface area contributed by atoms with Gasteiger partial charge in [-0.2, -0.15) is 0 Å². The van der Waals surface area contributed by atoms with Gasteiger partial charge in [-0.1, -0.05) is 66.7 Å². The maximum absolute atomic E-state index is 5.63. The number of nitrogens with zero attached hydrogens (tertiary/aromatic N) is 3. The van der Waals surface area contributed by atoms with Gasteiger partial charge in [-0.05, 0) is 29.7 Å². The van der Waals surface area contributed by atoms with Crippen LogP contribution >= 0.6 is 24.0 Å². The highest BCUT2D eigenvalue weighted by atomic mass is 127. The van der Waals surface area contributed by atoms with Gasteiger partial charge in [-0.3, -0.25) is 4.99 Å². The van der Waals surface area contributed by atoms with E-state index in [9.17, 15) is 0 Å². The van der Waals surface area contributed by atoms with Crippen LogP contribution < -0.4 is 15.5 Å². The molecule has 0 aliphatic carbocycles. The lowest BCUT2D eigenvalue weighted by atomic mass is 9.91. The van der Waals surface area contributed by atoms with Crippen LogP contribution in [0.3, 0.4) is 0 Å². The molecular weight excluding hydrogens is 537 g/mol. The summed E-state index contributed by atoms with van der Waals surface area (Å²) in [6.45, 7) is 6.03. The largest absolute Gasteiger partial charge is 0.375 e. The minimum atomic E-state index is 0. The third-order valence-electron chi connectivity index (χ3n) is 5.94. The molecule has 1 aliphatic heterocycles. The molecule has 1 aromatic heterocycles. The van der Waals surface area contributed by atoms with Gasteiger partial charge in [0.25, 0.3) is 0 Å². The van der Waals surface area contributed by atoms with Crippen LogP contribution in [-0.2, 0) is 11.3 Å². The summed E-state index contributed by atoms with van der Waals surface area (Å²) < 4.78 is 5.63. The lowest BCUT2D eigenvalue weighted by Gasteiger charge is -2.32. The molecule has 1 saturated heterocycles. The van der Waals surface area contributed by atoms with Crippen molar-refractivity contribution >= 4 is 35.8 Å².